The van der Waals surface area contributed by atoms with E-state index in [9.17, 15) is 24.3 Å². The Morgan fingerprint density at radius 3 is 1.81 bits per heavy atom. The second kappa shape index (κ2) is 15.0. The van der Waals surface area contributed by atoms with Gasteiger partial charge in [0, 0.05) is 32.5 Å². The van der Waals surface area contributed by atoms with E-state index in [1.165, 1.54) is 14.2 Å². The first-order valence-corrected chi connectivity index (χ1v) is 16.0. The van der Waals surface area contributed by atoms with E-state index in [0.717, 1.165) is 53.1 Å². The highest BCUT2D eigenvalue weighted by molar-refractivity contribution is 5.86. The average molecular weight is 659 g/mol. The molecule has 14 heteroatoms. The van der Waals surface area contributed by atoms with E-state index in [4.69, 9.17) is 9.97 Å². The van der Waals surface area contributed by atoms with Gasteiger partial charge in [-0.1, -0.05) is 36.4 Å². The van der Waals surface area contributed by atoms with Crippen molar-refractivity contribution in [2.24, 2.45) is 0 Å². The van der Waals surface area contributed by atoms with Crippen molar-refractivity contribution in [1.82, 2.24) is 40.0 Å². The minimum absolute atomic E-state index is 0.178. The zero-order valence-electron chi connectivity index (χ0n) is 27.6. The molecule has 14 nitrogen and oxygen atoms in total. The number of benzene rings is 1. The molecule has 3 aromatic rings. The van der Waals surface area contributed by atoms with Gasteiger partial charge < -0.3 is 34.9 Å². The molecular formula is C34H42N8O6. The van der Waals surface area contributed by atoms with Crippen molar-refractivity contribution >= 4 is 48.3 Å². The Morgan fingerprint density at radius 1 is 0.875 bits per heavy atom. The van der Waals surface area contributed by atoms with Crippen LogP contribution in [0.3, 0.4) is 0 Å². The van der Waals surface area contributed by atoms with Crippen LogP contribution in [0.5, 0.6) is 0 Å². The van der Waals surface area contributed by atoms with E-state index >= 15 is 0 Å². The number of likely N-dealkylation sites (N-methyl/N-ethyl adjacent to an activating group) is 1. The van der Waals surface area contributed by atoms with E-state index in [0.29, 0.717) is 24.7 Å². The molecular weight excluding hydrogens is 616 g/mol. The molecule has 4 amide bonds. The van der Waals surface area contributed by atoms with Crippen molar-refractivity contribution in [3.05, 3.63) is 70.8 Å². The number of rotatable bonds is 10. The Labute approximate surface area is 278 Å². The number of amides is 4. The van der Waals surface area contributed by atoms with E-state index in [1.54, 1.807) is 29.8 Å². The molecule has 2 saturated heterocycles. The van der Waals surface area contributed by atoms with Gasteiger partial charge in [-0.2, -0.15) is 0 Å². The number of carbonyl (C=O) groups excluding carboxylic acids is 3. The highest BCUT2D eigenvalue weighted by Gasteiger charge is 2.37. The number of nitrogens with one attached hydrogen (secondary N) is 3. The number of H-pyrrole nitrogens is 2. The van der Waals surface area contributed by atoms with Crippen molar-refractivity contribution in [3.63, 3.8) is 0 Å². The normalized spacial score (nSPS) is 19.2. The quantitative estimate of drug-likeness (QED) is 0.245. The molecule has 4 atom stereocenters. The molecule has 2 aliphatic rings. The first-order chi connectivity index (χ1) is 23.0. The van der Waals surface area contributed by atoms with E-state index in [1.807, 2.05) is 54.8 Å². The number of aromatic nitrogens is 4. The van der Waals surface area contributed by atoms with Crippen molar-refractivity contribution < 1.29 is 29.0 Å². The number of alkyl carbamates (subject to hydrolysis) is 1. The number of carboxylic acid groups (broad SMARTS) is 1. The number of methoxy groups -OCH3 is 1. The van der Waals surface area contributed by atoms with Gasteiger partial charge >= 0.3 is 12.2 Å². The molecule has 0 unspecified atom stereocenters. The minimum atomic E-state index is -1.14. The number of likely N-dealkylation sites (tertiary alicyclic amines) is 2. The molecule has 4 heterocycles. The van der Waals surface area contributed by atoms with Gasteiger partial charge in [-0.3, -0.25) is 14.5 Å². The summed E-state index contributed by atoms with van der Waals surface area (Å²) in [4.78, 5) is 69.2. The summed E-state index contributed by atoms with van der Waals surface area (Å²) < 4.78 is 4.61. The first kappa shape index (κ1) is 33.9. The number of hydrogen-bond acceptors (Lipinski definition) is 7. The molecule has 48 heavy (non-hydrogen) atoms. The summed E-state index contributed by atoms with van der Waals surface area (Å²) in [6.45, 7) is 4.40. The van der Waals surface area contributed by atoms with Crippen LogP contribution in [-0.4, -0.2) is 103 Å². The van der Waals surface area contributed by atoms with E-state index in [-0.39, 0.29) is 23.9 Å². The molecule has 0 spiro atoms. The number of carbonyl (C=O) groups is 4. The van der Waals surface area contributed by atoms with Crippen molar-refractivity contribution in [2.45, 2.75) is 63.7 Å². The van der Waals surface area contributed by atoms with Gasteiger partial charge in [0.05, 0.1) is 30.6 Å². The predicted molar refractivity (Wildman–Crippen MR) is 179 cm³/mol. The number of hydrogen-bond donors (Lipinski definition) is 4. The molecule has 2 fully saturated rings. The zero-order chi connectivity index (χ0) is 34.4. The Balaban J connectivity index is 1.16. The predicted octanol–water partition coefficient (Wildman–Crippen LogP) is 4.54. The van der Waals surface area contributed by atoms with Crippen LogP contribution in [0, 0.1) is 0 Å². The highest BCUT2D eigenvalue weighted by atomic mass is 16.5. The van der Waals surface area contributed by atoms with Gasteiger partial charge in [-0.05, 0) is 62.8 Å². The second-order valence-electron chi connectivity index (χ2n) is 12.1. The number of aromatic amines is 2. The molecule has 5 rings (SSSR count). The van der Waals surface area contributed by atoms with Crippen molar-refractivity contribution in [3.8, 4) is 0 Å². The Bertz CT molecular complexity index is 1680. The molecule has 0 bridgehead atoms. The van der Waals surface area contributed by atoms with Gasteiger partial charge in [0.15, 0.2) is 0 Å². The summed E-state index contributed by atoms with van der Waals surface area (Å²) in [5, 5.41) is 11.8. The average Bonchev–Trinajstić information content (AvgIpc) is 3.92. The lowest BCUT2D eigenvalue weighted by molar-refractivity contribution is -0.136. The fraction of sp³-hybridized carbons (Fsp3) is 0.412. The number of imidazole rings is 2. The van der Waals surface area contributed by atoms with Gasteiger partial charge in [-0.25, -0.2) is 19.6 Å². The van der Waals surface area contributed by atoms with Crippen LogP contribution >= 0.6 is 0 Å². The second-order valence-corrected chi connectivity index (χ2v) is 12.1. The van der Waals surface area contributed by atoms with Gasteiger partial charge in [-0.15, -0.1) is 0 Å². The van der Waals surface area contributed by atoms with Crippen LogP contribution < -0.4 is 5.32 Å². The topological polar surface area (TPSA) is 177 Å². The van der Waals surface area contributed by atoms with E-state index < -0.39 is 24.3 Å². The number of ether oxygens (including phenoxy) is 1. The van der Waals surface area contributed by atoms with Crippen molar-refractivity contribution in [1.29, 1.82) is 0 Å². The Morgan fingerprint density at radius 2 is 1.35 bits per heavy atom. The SMILES string of the molecule is COC(=O)N[C@@H](C)C(=O)N1CCC[C@H]1c1nc(/C=C/c2ccc(C=Cc3c[nH]c([C@@H]4CCCN4C(=O)[C@H](C)N(C)C(=O)O)n3)cc2)c[nH]1. The lowest BCUT2D eigenvalue weighted by Gasteiger charge is -2.29. The van der Waals surface area contributed by atoms with Crippen LogP contribution in [0.4, 0.5) is 9.59 Å². The molecule has 1 aromatic carbocycles. The fourth-order valence-corrected chi connectivity index (χ4v) is 6.04. The Kier molecular flexibility index (Phi) is 10.6. The zero-order valence-corrected chi connectivity index (χ0v) is 27.6. The van der Waals surface area contributed by atoms with E-state index in [2.05, 4.69) is 20.0 Å². The summed E-state index contributed by atoms with van der Waals surface area (Å²) in [7, 11) is 2.66. The summed E-state index contributed by atoms with van der Waals surface area (Å²) >= 11 is 0. The molecule has 0 aliphatic carbocycles. The van der Waals surface area contributed by atoms with Crippen LogP contribution in [0.25, 0.3) is 24.3 Å². The smallest absolute Gasteiger partial charge is 0.407 e. The largest absolute Gasteiger partial charge is 0.465 e. The summed E-state index contributed by atoms with van der Waals surface area (Å²) in [6, 6.07) is 6.12. The first-order valence-electron chi connectivity index (χ1n) is 16.0. The summed E-state index contributed by atoms with van der Waals surface area (Å²) in [5.41, 5.74) is 3.46. The summed E-state index contributed by atoms with van der Waals surface area (Å²) in [6.07, 6.45) is 12.8. The van der Waals surface area contributed by atoms with Crippen LogP contribution in [0.15, 0.2) is 36.7 Å². The van der Waals surface area contributed by atoms with Crippen molar-refractivity contribution in [2.75, 3.05) is 27.2 Å². The Hall–Kier alpha value is -5.40. The van der Waals surface area contributed by atoms with Crippen LogP contribution in [-0.2, 0) is 14.3 Å². The molecule has 0 radical (unpaired) electrons. The number of nitrogens with zero attached hydrogens (tertiary/aromatic N) is 5. The highest BCUT2D eigenvalue weighted by Crippen LogP contribution is 2.32. The molecule has 0 saturated carbocycles. The lowest BCUT2D eigenvalue weighted by atomic mass is 10.1. The summed E-state index contributed by atoms with van der Waals surface area (Å²) in [5.74, 6) is 0.986. The van der Waals surface area contributed by atoms with Gasteiger partial charge in [0.1, 0.15) is 23.7 Å². The molecule has 2 aliphatic heterocycles. The molecule has 254 valence electrons. The standard InChI is InChI=1S/C34H42N8O6/c1-21(37-33(45)48-4)31(43)41-17-5-7-27(41)29-35-19-25(38-29)15-13-23-9-11-24(12-10-23)14-16-26-20-36-30(39-26)28-8-6-18-42(28)32(44)22(2)40(3)34(46)47/h9-16,19-22,27-28H,5-8,17-18H2,1-4H3,(H,35,38)(H,36,39)(H,37,45)(H,46,47)/b15-13+,16-14?/t21-,22-,27-,28-/m0/s1. The van der Waals surface area contributed by atoms with Gasteiger partial charge in [0.2, 0.25) is 11.8 Å². The third-order valence-electron chi connectivity index (χ3n) is 8.90. The maximum absolute atomic E-state index is 13.0. The third-order valence-corrected chi connectivity index (χ3v) is 8.90. The fourth-order valence-electron chi connectivity index (χ4n) is 6.04. The van der Waals surface area contributed by atoms with Crippen LogP contribution in [0.2, 0.25) is 0 Å². The minimum Gasteiger partial charge on any atom is -0.465 e. The maximum atomic E-state index is 13.0. The monoisotopic (exact) mass is 658 g/mol. The maximum Gasteiger partial charge on any atom is 0.407 e. The molecule has 4 N–H and O–H groups in total. The lowest BCUT2D eigenvalue weighted by Crippen LogP contribution is -2.47. The van der Waals surface area contributed by atoms with Crippen LogP contribution in [0.1, 0.15) is 85.8 Å². The third kappa shape index (κ3) is 7.76. The molecule has 2 aromatic heterocycles. The van der Waals surface area contributed by atoms with Gasteiger partial charge in [0.25, 0.3) is 0 Å².